The van der Waals surface area contributed by atoms with E-state index >= 15 is 0 Å². The van der Waals surface area contributed by atoms with E-state index in [4.69, 9.17) is 4.74 Å². The van der Waals surface area contributed by atoms with Gasteiger partial charge in [-0.05, 0) is 39.8 Å². The van der Waals surface area contributed by atoms with Gasteiger partial charge in [-0.1, -0.05) is 0 Å². The van der Waals surface area contributed by atoms with Crippen molar-refractivity contribution in [2.75, 3.05) is 5.32 Å². The predicted molar refractivity (Wildman–Crippen MR) is 83.4 cm³/mol. The van der Waals surface area contributed by atoms with Crippen LogP contribution in [0.1, 0.15) is 26.5 Å². The predicted octanol–water partition coefficient (Wildman–Crippen LogP) is 2.23. The summed E-state index contributed by atoms with van der Waals surface area (Å²) in [5.74, 6) is 0.498. The molecule has 0 atom stereocenters. The van der Waals surface area contributed by atoms with Crippen molar-refractivity contribution in [2.45, 2.75) is 33.3 Å². The minimum absolute atomic E-state index is 0.139. The van der Waals surface area contributed by atoms with Crippen LogP contribution in [-0.2, 0) is 11.8 Å². The molecule has 0 fully saturated rings. The average Bonchev–Trinajstić information content (AvgIpc) is 2.69. The number of anilines is 1. The Balaban J connectivity index is 2.30. The zero-order chi connectivity index (χ0) is 16.5. The lowest BCUT2D eigenvalue weighted by atomic mass is 10.2. The zero-order valence-electron chi connectivity index (χ0n) is 13.4. The molecule has 7 nitrogen and oxygen atoms in total. The van der Waals surface area contributed by atoms with Crippen LogP contribution in [0.25, 0.3) is 5.82 Å². The Labute approximate surface area is 128 Å². The minimum Gasteiger partial charge on any atom is -0.444 e. The Morgan fingerprint density at radius 3 is 2.59 bits per heavy atom. The summed E-state index contributed by atoms with van der Waals surface area (Å²) >= 11 is 0. The molecule has 7 heteroatoms. The van der Waals surface area contributed by atoms with Crippen molar-refractivity contribution in [3.05, 3.63) is 40.4 Å². The van der Waals surface area contributed by atoms with Gasteiger partial charge < -0.3 is 4.74 Å². The van der Waals surface area contributed by atoms with E-state index < -0.39 is 11.7 Å². The second-order valence-corrected chi connectivity index (χ2v) is 5.99. The highest BCUT2D eigenvalue weighted by molar-refractivity contribution is 5.84. The SMILES string of the molecule is Cc1cc(-n2cccc(NC(=O)OC(C)(C)C)c2=O)nn1C. The summed E-state index contributed by atoms with van der Waals surface area (Å²) < 4.78 is 8.20. The number of hydrogen-bond donors (Lipinski definition) is 1. The van der Waals surface area contributed by atoms with E-state index in [0.717, 1.165) is 5.69 Å². The van der Waals surface area contributed by atoms with Gasteiger partial charge in [-0.2, -0.15) is 5.10 Å². The zero-order valence-corrected chi connectivity index (χ0v) is 13.4. The van der Waals surface area contributed by atoms with Crippen molar-refractivity contribution in [3.63, 3.8) is 0 Å². The number of carbonyl (C=O) groups excluding carboxylic acids is 1. The first-order valence-corrected chi connectivity index (χ1v) is 6.90. The highest BCUT2D eigenvalue weighted by Crippen LogP contribution is 2.10. The number of nitrogens with one attached hydrogen (secondary N) is 1. The maximum atomic E-state index is 12.4. The second-order valence-electron chi connectivity index (χ2n) is 5.99. The molecule has 0 aromatic carbocycles. The van der Waals surface area contributed by atoms with Crippen molar-refractivity contribution < 1.29 is 9.53 Å². The Bertz CT molecular complexity index is 733. The van der Waals surface area contributed by atoms with Gasteiger partial charge in [-0.15, -0.1) is 0 Å². The standard InChI is InChI=1S/C15H20N4O3/c1-10-9-12(17-18(10)5)19-8-6-7-11(13(19)20)16-14(21)22-15(2,3)4/h6-9H,1-5H3,(H,16,21). The van der Waals surface area contributed by atoms with Gasteiger partial charge in [0.25, 0.3) is 5.56 Å². The van der Waals surface area contributed by atoms with Crippen LogP contribution >= 0.6 is 0 Å². The summed E-state index contributed by atoms with van der Waals surface area (Å²) in [6, 6.07) is 4.98. The van der Waals surface area contributed by atoms with Gasteiger partial charge in [0.15, 0.2) is 5.82 Å². The van der Waals surface area contributed by atoms with Crippen LogP contribution in [0, 0.1) is 6.92 Å². The van der Waals surface area contributed by atoms with E-state index in [9.17, 15) is 9.59 Å². The fraction of sp³-hybridized carbons (Fsp3) is 0.400. The Morgan fingerprint density at radius 1 is 1.36 bits per heavy atom. The third-order valence-corrected chi connectivity index (χ3v) is 2.93. The summed E-state index contributed by atoms with van der Waals surface area (Å²) in [4.78, 5) is 24.2. The lowest BCUT2D eigenvalue weighted by Crippen LogP contribution is -2.30. The first-order valence-electron chi connectivity index (χ1n) is 6.90. The highest BCUT2D eigenvalue weighted by Gasteiger charge is 2.18. The van der Waals surface area contributed by atoms with Crippen molar-refractivity contribution >= 4 is 11.8 Å². The van der Waals surface area contributed by atoms with E-state index in [1.54, 1.807) is 50.8 Å². The van der Waals surface area contributed by atoms with Crippen LogP contribution in [0.2, 0.25) is 0 Å². The average molecular weight is 304 g/mol. The van der Waals surface area contributed by atoms with Gasteiger partial charge in [-0.3, -0.25) is 19.4 Å². The first kappa shape index (κ1) is 15.8. The molecule has 0 bridgehead atoms. The van der Waals surface area contributed by atoms with Crippen LogP contribution in [-0.4, -0.2) is 26.0 Å². The van der Waals surface area contributed by atoms with Gasteiger partial charge in [0.05, 0.1) is 0 Å². The number of nitrogens with zero attached hydrogens (tertiary/aromatic N) is 3. The normalized spacial score (nSPS) is 11.3. The first-order chi connectivity index (χ1) is 10.2. The summed E-state index contributed by atoms with van der Waals surface area (Å²) in [6.45, 7) is 7.16. The summed E-state index contributed by atoms with van der Waals surface area (Å²) in [5, 5.41) is 6.73. The van der Waals surface area contributed by atoms with Crippen LogP contribution in [0.15, 0.2) is 29.2 Å². The number of carbonyl (C=O) groups is 1. The molecule has 2 rings (SSSR count). The van der Waals surface area contributed by atoms with E-state index in [2.05, 4.69) is 10.4 Å². The molecule has 2 aromatic rings. The van der Waals surface area contributed by atoms with Crippen LogP contribution in [0.3, 0.4) is 0 Å². The van der Waals surface area contributed by atoms with Crippen LogP contribution < -0.4 is 10.9 Å². The topological polar surface area (TPSA) is 78.2 Å². The summed E-state index contributed by atoms with van der Waals surface area (Å²) in [7, 11) is 1.80. The lowest BCUT2D eigenvalue weighted by molar-refractivity contribution is 0.0635. The third-order valence-electron chi connectivity index (χ3n) is 2.93. The fourth-order valence-corrected chi connectivity index (χ4v) is 1.84. The fourth-order valence-electron chi connectivity index (χ4n) is 1.84. The monoisotopic (exact) mass is 304 g/mol. The van der Waals surface area contributed by atoms with Crippen molar-refractivity contribution in [3.8, 4) is 5.82 Å². The molecule has 0 radical (unpaired) electrons. The number of hydrogen-bond acceptors (Lipinski definition) is 4. The second kappa shape index (κ2) is 5.67. The number of rotatable bonds is 2. The van der Waals surface area contributed by atoms with Crippen LogP contribution in [0.4, 0.5) is 10.5 Å². The molecule has 2 aromatic heterocycles. The van der Waals surface area contributed by atoms with Crippen molar-refractivity contribution in [2.24, 2.45) is 7.05 Å². The molecule has 1 N–H and O–H groups in total. The molecule has 118 valence electrons. The lowest BCUT2D eigenvalue weighted by Gasteiger charge is -2.19. The molecule has 0 aliphatic heterocycles. The third kappa shape index (κ3) is 3.55. The van der Waals surface area contributed by atoms with E-state index in [-0.39, 0.29) is 11.2 Å². The number of aromatic nitrogens is 3. The van der Waals surface area contributed by atoms with E-state index in [1.165, 1.54) is 10.6 Å². The molecule has 0 saturated carbocycles. The Morgan fingerprint density at radius 2 is 2.05 bits per heavy atom. The summed E-state index contributed by atoms with van der Waals surface area (Å²) in [6.07, 6.45) is 0.934. The molecule has 22 heavy (non-hydrogen) atoms. The van der Waals surface area contributed by atoms with Gasteiger partial charge in [0.2, 0.25) is 0 Å². The quantitative estimate of drug-likeness (QED) is 0.923. The highest BCUT2D eigenvalue weighted by atomic mass is 16.6. The molecule has 0 aliphatic carbocycles. The van der Waals surface area contributed by atoms with Gasteiger partial charge in [0.1, 0.15) is 11.3 Å². The molecule has 1 amide bonds. The summed E-state index contributed by atoms with van der Waals surface area (Å²) in [5.41, 5.74) is 0.0645. The molecular formula is C15H20N4O3. The number of ether oxygens (including phenoxy) is 1. The van der Waals surface area contributed by atoms with E-state index in [1.807, 2.05) is 6.92 Å². The molecule has 2 heterocycles. The van der Waals surface area contributed by atoms with Gasteiger partial charge in [0, 0.05) is 25.0 Å². The molecule has 0 aliphatic rings. The Kier molecular flexibility index (Phi) is 4.07. The molecular weight excluding hydrogens is 284 g/mol. The van der Waals surface area contributed by atoms with Crippen molar-refractivity contribution in [1.29, 1.82) is 0 Å². The number of amides is 1. The molecule has 0 unspecified atom stereocenters. The van der Waals surface area contributed by atoms with Gasteiger partial charge >= 0.3 is 6.09 Å². The maximum Gasteiger partial charge on any atom is 0.412 e. The van der Waals surface area contributed by atoms with Gasteiger partial charge in [-0.25, -0.2) is 4.79 Å². The van der Waals surface area contributed by atoms with E-state index in [0.29, 0.717) is 5.82 Å². The number of pyridine rings is 1. The van der Waals surface area contributed by atoms with Crippen molar-refractivity contribution in [1.82, 2.24) is 14.3 Å². The minimum atomic E-state index is -0.667. The number of aryl methyl sites for hydroxylation is 2. The smallest absolute Gasteiger partial charge is 0.412 e. The maximum absolute atomic E-state index is 12.4. The molecule has 0 spiro atoms. The molecule has 0 saturated heterocycles. The Hall–Kier alpha value is -2.57. The van der Waals surface area contributed by atoms with Crippen LogP contribution in [0.5, 0.6) is 0 Å². The largest absolute Gasteiger partial charge is 0.444 e.